The lowest BCUT2D eigenvalue weighted by atomic mass is 10.1. The number of carbonyl (C=O) groups is 1. The van der Waals surface area contributed by atoms with Gasteiger partial charge in [-0.15, -0.1) is 11.3 Å². The van der Waals surface area contributed by atoms with Crippen LogP contribution in [0.4, 0.5) is 0 Å². The highest BCUT2D eigenvalue weighted by atomic mass is 32.2. The molecule has 21 heavy (non-hydrogen) atoms. The summed E-state index contributed by atoms with van der Waals surface area (Å²) in [4.78, 5) is 13.0. The van der Waals surface area contributed by atoms with Crippen LogP contribution in [0.3, 0.4) is 0 Å². The SMILES string of the molecule is CC(NC(=O)Cc1cccs1)c1ccc(S(N)(=O)=O)cc1. The van der Waals surface area contributed by atoms with Crippen LogP contribution in [0, 0.1) is 0 Å². The van der Waals surface area contributed by atoms with Gasteiger partial charge in [0.05, 0.1) is 17.4 Å². The zero-order chi connectivity index (χ0) is 15.5. The van der Waals surface area contributed by atoms with Gasteiger partial charge in [-0.2, -0.15) is 0 Å². The lowest BCUT2D eigenvalue weighted by molar-refractivity contribution is -0.121. The van der Waals surface area contributed by atoms with Crippen molar-refractivity contribution in [1.82, 2.24) is 5.32 Å². The Kier molecular flexibility index (Phi) is 4.76. The van der Waals surface area contributed by atoms with Gasteiger partial charge in [0.15, 0.2) is 0 Å². The first-order valence-corrected chi connectivity index (χ1v) is 8.73. The number of carbonyl (C=O) groups excluding carboxylic acids is 1. The van der Waals surface area contributed by atoms with Crippen LogP contribution in [-0.2, 0) is 21.2 Å². The van der Waals surface area contributed by atoms with Crippen LogP contribution in [0.2, 0.25) is 0 Å². The van der Waals surface area contributed by atoms with Gasteiger partial charge in [-0.3, -0.25) is 4.79 Å². The molecule has 1 aromatic carbocycles. The Morgan fingerprint density at radius 1 is 1.29 bits per heavy atom. The molecule has 1 atom stereocenters. The molecule has 1 unspecified atom stereocenters. The van der Waals surface area contributed by atoms with E-state index in [2.05, 4.69) is 5.32 Å². The lowest BCUT2D eigenvalue weighted by Gasteiger charge is -2.14. The molecule has 5 nitrogen and oxygen atoms in total. The summed E-state index contributed by atoms with van der Waals surface area (Å²) in [5, 5.41) is 9.85. The molecule has 112 valence electrons. The van der Waals surface area contributed by atoms with Crippen molar-refractivity contribution < 1.29 is 13.2 Å². The molecule has 0 aliphatic heterocycles. The number of thiophene rings is 1. The van der Waals surface area contributed by atoms with Crippen molar-refractivity contribution >= 4 is 27.3 Å². The number of primary sulfonamides is 1. The fraction of sp³-hybridized carbons (Fsp3) is 0.214. The fourth-order valence-corrected chi connectivity index (χ4v) is 3.11. The topological polar surface area (TPSA) is 89.3 Å². The van der Waals surface area contributed by atoms with Crippen LogP contribution in [0.1, 0.15) is 23.4 Å². The van der Waals surface area contributed by atoms with E-state index in [0.717, 1.165) is 10.4 Å². The third-order valence-corrected chi connectivity index (χ3v) is 4.81. The smallest absolute Gasteiger partial charge is 0.238 e. The van der Waals surface area contributed by atoms with Gasteiger partial charge in [0, 0.05) is 4.88 Å². The summed E-state index contributed by atoms with van der Waals surface area (Å²) in [7, 11) is -3.69. The largest absolute Gasteiger partial charge is 0.349 e. The minimum atomic E-state index is -3.69. The second-order valence-electron chi connectivity index (χ2n) is 4.66. The number of hydrogen-bond acceptors (Lipinski definition) is 4. The monoisotopic (exact) mass is 324 g/mol. The number of amides is 1. The zero-order valence-corrected chi connectivity index (χ0v) is 13.1. The molecule has 0 radical (unpaired) electrons. The molecule has 1 amide bonds. The Bertz CT molecular complexity index is 707. The van der Waals surface area contributed by atoms with E-state index in [1.165, 1.54) is 23.5 Å². The van der Waals surface area contributed by atoms with Crippen molar-refractivity contribution in [3.05, 3.63) is 52.2 Å². The van der Waals surface area contributed by atoms with Gasteiger partial charge in [-0.05, 0) is 36.1 Å². The van der Waals surface area contributed by atoms with Crippen LogP contribution in [0.25, 0.3) is 0 Å². The third kappa shape index (κ3) is 4.38. The highest BCUT2D eigenvalue weighted by molar-refractivity contribution is 7.89. The summed E-state index contributed by atoms with van der Waals surface area (Å²) in [6, 6.07) is 9.79. The molecular formula is C14H16N2O3S2. The molecule has 0 aliphatic carbocycles. The lowest BCUT2D eigenvalue weighted by Crippen LogP contribution is -2.27. The van der Waals surface area contributed by atoms with Crippen LogP contribution in [-0.4, -0.2) is 14.3 Å². The van der Waals surface area contributed by atoms with E-state index in [-0.39, 0.29) is 16.8 Å². The van der Waals surface area contributed by atoms with Gasteiger partial charge in [0.1, 0.15) is 0 Å². The van der Waals surface area contributed by atoms with Crippen LogP contribution < -0.4 is 10.5 Å². The third-order valence-electron chi connectivity index (χ3n) is 3.00. The van der Waals surface area contributed by atoms with E-state index in [4.69, 9.17) is 5.14 Å². The normalized spacial score (nSPS) is 12.9. The Morgan fingerprint density at radius 2 is 1.95 bits per heavy atom. The number of hydrogen-bond donors (Lipinski definition) is 2. The number of nitrogens with two attached hydrogens (primary N) is 1. The predicted molar refractivity (Wildman–Crippen MR) is 82.4 cm³/mol. The summed E-state index contributed by atoms with van der Waals surface area (Å²) in [5.74, 6) is -0.0690. The maximum atomic E-state index is 11.9. The quantitative estimate of drug-likeness (QED) is 0.879. The molecule has 1 heterocycles. The molecule has 7 heteroatoms. The molecule has 0 bridgehead atoms. The maximum Gasteiger partial charge on any atom is 0.238 e. The van der Waals surface area contributed by atoms with Gasteiger partial charge in [-0.1, -0.05) is 18.2 Å². The molecule has 0 aliphatic rings. The predicted octanol–water partition coefficient (Wildman–Crippen LogP) is 1.82. The molecule has 3 N–H and O–H groups in total. The summed E-state index contributed by atoms with van der Waals surface area (Å²) in [6.45, 7) is 1.85. The zero-order valence-electron chi connectivity index (χ0n) is 11.4. The molecule has 0 spiro atoms. The van der Waals surface area contributed by atoms with E-state index in [0.29, 0.717) is 6.42 Å². The Balaban J connectivity index is 2.00. The molecular weight excluding hydrogens is 308 g/mol. The van der Waals surface area contributed by atoms with Gasteiger partial charge in [0.2, 0.25) is 15.9 Å². The molecule has 2 aromatic rings. The number of sulfonamides is 1. The van der Waals surface area contributed by atoms with E-state index in [9.17, 15) is 13.2 Å². The van der Waals surface area contributed by atoms with Gasteiger partial charge in [0.25, 0.3) is 0 Å². The van der Waals surface area contributed by atoms with Crippen molar-refractivity contribution in [2.24, 2.45) is 5.14 Å². The van der Waals surface area contributed by atoms with Gasteiger partial charge >= 0.3 is 0 Å². The van der Waals surface area contributed by atoms with Crippen molar-refractivity contribution in [3.8, 4) is 0 Å². The standard InChI is InChI=1S/C14H16N2O3S2/c1-10(16-14(17)9-12-3-2-8-20-12)11-4-6-13(7-5-11)21(15,18)19/h2-8,10H,9H2,1H3,(H,16,17)(H2,15,18,19). The second kappa shape index (κ2) is 6.38. The Morgan fingerprint density at radius 3 is 2.48 bits per heavy atom. The first-order chi connectivity index (χ1) is 9.86. The highest BCUT2D eigenvalue weighted by Gasteiger charge is 2.12. The van der Waals surface area contributed by atoms with Crippen LogP contribution in [0.5, 0.6) is 0 Å². The van der Waals surface area contributed by atoms with E-state index in [1.54, 1.807) is 12.1 Å². The minimum absolute atomic E-state index is 0.0587. The van der Waals surface area contributed by atoms with E-state index >= 15 is 0 Å². The molecule has 0 fully saturated rings. The van der Waals surface area contributed by atoms with Crippen LogP contribution >= 0.6 is 11.3 Å². The van der Waals surface area contributed by atoms with E-state index in [1.807, 2.05) is 24.4 Å². The van der Waals surface area contributed by atoms with Crippen molar-refractivity contribution in [2.45, 2.75) is 24.3 Å². The average molecular weight is 324 g/mol. The van der Waals surface area contributed by atoms with Crippen molar-refractivity contribution in [1.29, 1.82) is 0 Å². The molecule has 0 saturated carbocycles. The van der Waals surface area contributed by atoms with Crippen LogP contribution in [0.15, 0.2) is 46.7 Å². The van der Waals surface area contributed by atoms with Crippen molar-refractivity contribution in [2.75, 3.05) is 0 Å². The first-order valence-electron chi connectivity index (χ1n) is 6.31. The maximum absolute atomic E-state index is 11.9. The van der Waals surface area contributed by atoms with E-state index < -0.39 is 10.0 Å². The number of rotatable bonds is 5. The molecule has 1 aromatic heterocycles. The molecule has 0 saturated heterocycles. The van der Waals surface area contributed by atoms with Gasteiger partial charge in [-0.25, -0.2) is 13.6 Å². The highest BCUT2D eigenvalue weighted by Crippen LogP contribution is 2.16. The second-order valence-corrected chi connectivity index (χ2v) is 7.25. The Labute approximate surface area is 127 Å². The fourth-order valence-electron chi connectivity index (χ4n) is 1.89. The minimum Gasteiger partial charge on any atom is -0.349 e. The number of nitrogens with one attached hydrogen (secondary N) is 1. The van der Waals surface area contributed by atoms with Gasteiger partial charge < -0.3 is 5.32 Å². The summed E-state index contributed by atoms with van der Waals surface area (Å²) >= 11 is 1.54. The molecule has 2 rings (SSSR count). The Hall–Kier alpha value is -1.70. The summed E-state index contributed by atoms with van der Waals surface area (Å²) < 4.78 is 22.4. The number of benzene rings is 1. The average Bonchev–Trinajstić information content (AvgIpc) is 2.90. The summed E-state index contributed by atoms with van der Waals surface area (Å²) in [5.41, 5.74) is 0.821. The van der Waals surface area contributed by atoms with Crippen molar-refractivity contribution in [3.63, 3.8) is 0 Å². The summed E-state index contributed by atoms with van der Waals surface area (Å²) in [6.07, 6.45) is 0.345. The first kappa shape index (κ1) is 15.7.